The first-order valence-electron chi connectivity index (χ1n) is 8.76. The second-order valence-electron chi connectivity index (χ2n) is 7.93. The molecule has 1 saturated heterocycles. The van der Waals surface area contributed by atoms with E-state index in [1.54, 1.807) is 0 Å². The van der Waals surface area contributed by atoms with E-state index in [-0.39, 0.29) is 24.0 Å². The van der Waals surface area contributed by atoms with Crippen LogP contribution in [0.1, 0.15) is 39.7 Å². The van der Waals surface area contributed by atoms with Crippen LogP contribution in [0.15, 0.2) is 30.3 Å². The summed E-state index contributed by atoms with van der Waals surface area (Å²) in [7, 11) is 0. The Hall–Kier alpha value is -1.59. The summed E-state index contributed by atoms with van der Waals surface area (Å²) in [6, 6.07) is 10.8. The molecule has 1 fully saturated rings. The van der Waals surface area contributed by atoms with E-state index in [2.05, 4.69) is 46.7 Å². The summed E-state index contributed by atoms with van der Waals surface area (Å²) in [4.78, 5) is 14.4. The van der Waals surface area contributed by atoms with Crippen LogP contribution in [0.3, 0.4) is 0 Å². The van der Waals surface area contributed by atoms with Gasteiger partial charge in [0.05, 0.1) is 6.10 Å². The first kappa shape index (κ1) is 18.7. The number of amides is 2. The standard InChI is InChI=1S/C19H31N3O2/c1-14-10-16(13-22(14)12-15-8-6-5-7-9-15)21-18(24)20-11-17(23)19(2,3)4/h5-9,14,16-17,23H,10-13H2,1-4H3,(H2,20,21,24). The van der Waals surface area contributed by atoms with Crippen molar-refractivity contribution in [3.05, 3.63) is 35.9 Å². The van der Waals surface area contributed by atoms with Crippen molar-refractivity contribution in [2.45, 2.75) is 58.8 Å². The molecule has 3 unspecified atom stereocenters. The maximum atomic E-state index is 12.1. The van der Waals surface area contributed by atoms with Crippen molar-refractivity contribution in [1.82, 2.24) is 15.5 Å². The van der Waals surface area contributed by atoms with E-state index in [4.69, 9.17) is 0 Å². The van der Waals surface area contributed by atoms with E-state index in [0.717, 1.165) is 19.5 Å². The molecule has 134 valence electrons. The Morgan fingerprint density at radius 3 is 2.62 bits per heavy atom. The van der Waals surface area contributed by atoms with Gasteiger partial charge in [0, 0.05) is 31.7 Å². The fraction of sp³-hybridized carbons (Fsp3) is 0.632. The van der Waals surface area contributed by atoms with Crippen LogP contribution in [0.2, 0.25) is 0 Å². The van der Waals surface area contributed by atoms with Crippen LogP contribution < -0.4 is 10.6 Å². The molecule has 1 aliphatic heterocycles. The maximum absolute atomic E-state index is 12.1. The summed E-state index contributed by atoms with van der Waals surface area (Å²) >= 11 is 0. The lowest BCUT2D eigenvalue weighted by Crippen LogP contribution is -2.47. The third-order valence-electron chi connectivity index (χ3n) is 4.72. The molecule has 0 radical (unpaired) electrons. The van der Waals surface area contributed by atoms with Crippen LogP contribution in [0.5, 0.6) is 0 Å². The molecule has 24 heavy (non-hydrogen) atoms. The summed E-state index contributed by atoms with van der Waals surface area (Å²) < 4.78 is 0. The van der Waals surface area contributed by atoms with Crippen LogP contribution in [0.4, 0.5) is 4.79 Å². The second kappa shape index (κ2) is 7.99. The number of benzene rings is 1. The largest absolute Gasteiger partial charge is 0.391 e. The molecule has 1 aromatic carbocycles. The Morgan fingerprint density at radius 2 is 2.00 bits per heavy atom. The molecule has 5 nitrogen and oxygen atoms in total. The van der Waals surface area contributed by atoms with Gasteiger partial charge in [-0.3, -0.25) is 4.90 Å². The average Bonchev–Trinajstić information content (AvgIpc) is 2.84. The Balaban J connectivity index is 1.77. The van der Waals surface area contributed by atoms with Crippen molar-refractivity contribution >= 4 is 6.03 Å². The highest BCUT2D eigenvalue weighted by atomic mass is 16.3. The molecule has 2 amide bonds. The second-order valence-corrected chi connectivity index (χ2v) is 7.93. The molecular weight excluding hydrogens is 302 g/mol. The van der Waals surface area contributed by atoms with Crippen LogP contribution in [0.25, 0.3) is 0 Å². The average molecular weight is 333 g/mol. The topological polar surface area (TPSA) is 64.6 Å². The molecule has 3 atom stereocenters. The van der Waals surface area contributed by atoms with Crippen molar-refractivity contribution in [3.8, 4) is 0 Å². The first-order chi connectivity index (χ1) is 11.3. The Bertz CT molecular complexity index is 527. The zero-order valence-corrected chi connectivity index (χ0v) is 15.2. The van der Waals surface area contributed by atoms with Crippen LogP contribution >= 0.6 is 0 Å². The fourth-order valence-electron chi connectivity index (χ4n) is 2.97. The number of rotatable bonds is 5. The summed E-state index contributed by atoms with van der Waals surface area (Å²) in [5.41, 5.74) is 1.06. The quantitative estimate of drug-likeness (QED) is 0.775. The summed E-state index contributed by atoms with van der Waals surface area (Å²) in [6.07, 6.45) is 0.391. The van der Waals surface area contributed by atoms with Crippen molar-refractivity contribution in [1.29, 1.82) is 0 Å². The number of nitrogens with one attached hydrogen (secondary N) is 2. The Morgan fingerprint density at radius 1 is 1.33 bits per heavy atom. The minimum atomic E-state index is -0.555. The predicted octanol–water partition coefficient (Wildman–Crippen LogP) is 2.36. The van der Waals surface area contributed by atoms with E-state index < -0.39 is 6.10 Å². The minimum Gasteiger partial charge on any atom is -0.391 e. The number of aliphatic hydroxyl groups is 1. The van der Waals surface area contributed by atoms with E-state index in [1.165, 1.54) is 5.56 Å². The molecule has 1 heterocycles. The van der Waals surface area contributed by atoms with Gasteiger partial charge in [0.15, 0.2) is 0 Å². The van der Waals surface area contributed by atoms with E-state index in [9.17, 15) is 9.90 Å². The number of likely N-dealkylation sites (tertiary alicyclic amines) is 1. The minimum absolute atomic E-state index is 0.149. The smallest absolute Gasteiger partial charge is 0.315 e. The van der Waals surface area contributed by atoms with E-state index in [0.29, 0.717) is 6.04 Å². The lowest BCUT2D eigenvalue weighted by atomic mass is 9.89. The zero-order chi connectivity index (χ0) is 17.7. The lowest BCUT2D eigenvalue weighted by molar-refractivity contribution is 0.0649. The zero-order valence-electron chi connectivity index (χ0n) is 15.2. The Kier molecular flexibility index (Phi) is 6.24. The number of carbonyl (C=O) groups is 1. The van der Waals surface area contributed by atoms with Crippen LogP contribution in [0, 0.1) is 5.41 Å². The van der Waals surface area contributed by atoms with Crippen molar-refractivity contribution in [2.75, 3.05) is 13.1 Å². The van der Waals surface area contributed by atoms with E-state index in [1.807, 2.05) is 26.8 Å². The molecule has 5 heteroatoms. The fourth-order valence-corrected chi connectivity index (χ4v) is 2.97. The van der Waals surface area contributed by atoms with Crippen molar-refractivity contribution in [2.24, 2.45) is 5.41 Å². The van der Waals surface area contributed by atoms with Crippen LogP contribution in [-0.4, -0.2) is 47.3 Å². The molecule has 0 aliphatic carbocycles. The van der Waals surface area contributed by atoms with Gasteiger partial charge in [-0.05, 0) is 24.3 Å². The Labute approximate surface area is 145 Å². The monoisotopic (exact) mass is 333 g/mol. The molecule has 0 saturated carbocycles. The molecule has 0 bridgehead atoms. The number of hydrogen-bond donors (Lipinski definition) is 3. The van der Waals surface area contributed by atoms with Gasteiger partial charge in [0.25, 0.3) is 0 Å². The number of nitrogens with zero attached hydrogens (tertiary/aromatic N) is 1. The molecule has 3 N–H and O–H groups in total. The van der Waals surface area contributed by atoms with Gasteiger partial charge in [-0.2, -0.15) is 0 Å². The predicted molar refractivity (Wildman–Crippen MR) is 96.7 cm³/mol. The number of carbonyl (C=O) groups excluding carboxylic acids is 1. The van der Waals surface area contributed by atoms with Gasteiger partial charge in [-0.15, -0.1) is 0 Å². The van der Waals surface area contributed by atoms with Gasteiger partial charge in [0.1, 0.15) is 0 Å². The van der Waals surface area contributed by atoms with Gasteiger partial charge < -0.3 is 15.7 Å². The highest BCUT2D eigenvalue weighted by Crippen LogP contribution is 2.20. The summed E-state index contributed by atoms with van der Waals surface area (Å²) in [5, 5.41) is 15.8. The third kappa shape index (κ3) is 5.49. The van der Waals surface area contributed by atoms with Crippen LogP contribution in [-0.2, 0) is 6.54 Å². The molecule has 2 rings (SSSR count). The van der Waals surface area contributed by atoms with Gasteiger partial charge in [-0.1, -0.05) is 51.1 Å². The molecule has 0 spiro atoms. The normalized spacial score (nSPS) is 23.0. The third-order valence-corrected chi connectivity index (χ3v) is 4.72. The van der Waals surface area contributed by atoms with E-state index >= 15 is 0 Å². The lowest BCUT2D eigenvalue weighted by Gasteiger charge is -2.26. The van der Waals surface area contributed by atoms with Gasteiger partial charge >= 0.3 is 6.03 Å². The van der Waals surface area contributed by atoms with Crippen molar-refractivity contribution < 1.29 is 9.90 Å². The van der Waals surface area contributed by atoms with Gasteiger partial charge in [0.2, 0.25) is 0 Å². The highest BCUT2D eigenvalue weighted by Gasteiger charge is 2.30. The molecule has 1 aliphatic rings. The number of aliphatic hydroxyl groups excluding tert-OH is 1. The number of hydrogen-bond acceptors (Lipinski definition) is 3. The molecule has 0 aromatic heterocycles. The SMILES string of the molecule is CC1CC(NC(=O)NCC(O)C(C)(C)C)CN1Cc1ccccc1. The highest BCUT2D eigenvalue weighted by molar-refractivity contribution is 5.74. The summed E-state index contributed by atoms with van der Waals surface area (Å²) in [5.74, 6) is 0. The number of urea groups is 1. The van der Waals surface area contributed by atoms with Gasteiger partial charge in [-0.25, -0.2) is 4.79 Å². The first-order valence-corrected chi connectivity index (χ1v) is 8.76. The van der Waals surface area contributed by atoms with Crippen molar-refractivity contribution in [3.63, 3.8) is 0 Å². The maximum Gasteiger partial charge on any atom is 0.315 e. The molecule has 1 aromatic rings. The molecular formula is C19H31N3O2. The summed E-state index contributed by atoms with van der Waals surface area (Å²) in [6.45, 7) is 10.1.